The highest BCUT2D eigenvalue weighted by Crippen LogP contribution is 2.13. The van der Waals surface area contributed by atoms with E-state index in [1.165, 1.54) is 0 Å². The van der Waals surface area contributed by atoms with Gasteiger partial charge in [-0.2, -0.15) is 13.2 Å². The van der Waals surface area contributed by atoms with Crippen LogP contribution in [0.15, 0.2) is 42.6 Å². The molecule has 0 saturated carbocycles. The molecule has 0 aliphatic carbocycles. The summed E-state index contributed by atoms with van der Waals surface area (Å²) in [5, 5.41) is 8.78. The number of hydrogen-bond acceptors (Lipinski definition) is 4. The molecule has 0 aliphatic heterocycles. The van der Waals surface area contributed by atoms with Crippen molar-refractivity contribution in [3.63, 3.8) is 0 Å². The Bertz CT molecular complexity index is 778. The average molecular weight is 386 g/mol. The number of carbonyl (C=O) groups is 2. The number of nitrogens with zero attached hydrogens (tertiary/aromatic N) is 2. The standard InChI is InChI=1S/C16H21N2O2.C2HF3O2/c1-13-10-11-17(12-14-8-6-5-7-9-14)18(13)20-15(19)16(2,3)4;3-2(4,5)1(6)7/h5-11H,12H2,1-4H3;(H,6,7)/q+1;/p-1. The van der Waals surface area contributed by atoms with Gasteiger partial charge >= 0.3 is 12.1 Å². The lowest BCUT2D eigenvalue weighted by atomic mass is 9.98. The highest BCUT2D eigenvalue weighted by molar-refractivity contribution is 5.75. The van der Waals surface area contributed by atoms with Crippen LogP contribution >= 0.6 is 0 Å². The number of hydrogen-bond donors (Lipinski definition) is 0. The van der Waals surface area contributed by atoms with E-state index in [1.54, 1.807) is 4.85 Å². The van der Waals surface area contributed by atoms with Gasteiger partial charge in [0.15, 0.2) is 6.20 Å². The Hall–Kier alpha value is -2.84. The second kappa shape index (κ2) is 8.70. The maximum absolute atomic E-state index is 12.0. The molecule has 1 aromatic heterocycles. The van der Waals surface area contributed by atoms with Crippen molar-refractivity contribution in [1.29, 1.82) is 0 Å². The molecule has 1 aromatic carbocycles. The van der Waals surface area contributed by atoms with Gasteiger partial charge in [-0.25, -0.2) is 4.79 Å². The van der Waals surface area contributed by atoms with E-state index in [2.05, 4.69) is 0 Å². The largest absolute Gasteiger partial charge is 0.542 e. The van der Waals surface area contributed by atoms with Gasteiger partial charge in [0.2, 0.25) is 6.54 Å². The van der Waals surface area contributed by atoms with E-state index in [1.807, 2.05) is 75.0 Å². The number of aliphatic carboxylic acids is 1. The van der Waals surface area contributed by atoms with Crippen LogP contribution in [-0.2, 0) is 16.1 Å². The normalized spacial score (nSPS) is 11.4. The number of rotatable bonds is 3. The van der Waals surface area contributed by atoms with E-state index in [0.29, 0.717) is 6.54 Å². The number of benzene rings is 1. The summed E-state index contributed by atoms with van der Waals surface area (Å²) in [7, 11) is 0. The van der Waals surface area contributed by atoms with Gasteiger partial charge in [0.25, 0.3) is 0 Å². The summed E-state index contributed by atoms with van der Waals surface area (Å²) in [5.41, 5.74) is 1.52. The zero-order valence-corrected chi connectivity index (χ0v) is 15.4. The molecular formula is C18H21F3N2O4. The van der Waals surface area contributed by atoms with Gasteiger partial charge in [0.05, 0.1) is 5.41 Å². The molecule has 0 spiro atoms. The molecule has 0 fully saturated rings. The quantitative estimate of drug-likeness (QED) is 0.748. The molecule has 0 saturated heterocycles. The molecule has 0 bridgehead atoms. The molecule has 0 aliphatic rings. The van der Waals surface area contributed by atoms with Crippen LogP contribution < -0.4 is 14.6 Å². The van der Waals surface area contributed by atoms with Crippen LogP contribution in [0.5, 0.6) is 0 Å². The third kappa shape index (κ3) is 7.12. The SMILES string of the molecule is Cc1cc[n+](Cc2ccccc2)n1OC(=O)C(C)(C)C.O=C([O-])C(F)(F)F. The number of aryl methyl sites for hydroxylation is 1. The molecule has 2 aromatic rings. The van der Waals surface area contributed by atoms with Crippen LogP contribution in [0.2, 0.25) is 0 Å². The second-order valence-electron chi connectivity index (χ2n) is 6.73. The fourth-order valence-electron chi connectivity index (χ4n) is 1.75. The van der Waals surface area contributed by atoms with Crippen LogP contribution in [0.4, 0.5) is 13.2 Å². The van der Waals surface area contributed by atoms with E-state index >= 15 is 0 Å². The van der Waals surface area contributed by atoms with Gasteiger partial charge in [-0.15, -0.1) is 0 Å². The highest BCUT2D eigenvalue weighted by Gasteiger charge is 2.29. The van der Waals surface area contributed by atoms with E-state index in [9.17, 15) is 18.0 Å². The third-order valence-corrected chi connectivity index (χ3v) is 3.22. The zero-order chi connectivity index (χ0) is 20.8. The van der Waals surface area contributed by atoms with Gasteiger partial charge in [-0.1, -0.05) is 35.0 Å². The van der Waals surface area contributed by atoms with Crippen molar-refractivity contribution in [2.24, 2.45) is 5.41 Å². The molecular weight excluding hydrogens is 365 g/mol. The summed E-state index contributed by atoms with van der Waals surface area (Å²) in [5.74, 6) is -3.26. The lowest BCUT2D eigenvalue weighted by Crippen LogP contribution is -2.49. The minimum Gasteiger partial charge on any atom is -0.542 e. The lowest BCUT2D eigenvalue weighted by molar-refractivity contribution is -0.789. The Morgan fingerprint density at radius 2 is 1.63 bits per heavy atom. The van der Waals surface area contributed by atoms with Gasteiger partial charge in [0.1, 0.15) is 11.7 Å². The molecule has 1 heterocycles. The predicted molar refractivity (Wildman–Crippen MR) is 87.0 cm³/mol. The average Bonchev–Trinajstić information content (AvgIpc) is 2.88. The molecule has 0 unspecified atom stereocenters. The van der Waals surface area contributed by atoms with E-state index in [-0.39, 0.29) is 5.97 Å². The summed E-state index contributed by atoms with van der Waals surface area (Å²) >= 11 is 0. The number of carboxylic acid groups (broad SMARTS) is 1. The molecule has 27 heavy (non-hydrogen) atoms. The molecule has 0 N–H and O–H groups in total. The van der Waals surface area contributed by atoms with Crippen molar-refractivity contribution >= 4 is 11.9 Å². The smallest absolute Gasteiger partial charge is 0.430 e. The summed E-state index contributed by atoms with van der Waals surface area (Å²) in [4.78, 5) is 27.9. The Kier molecular flexibility index (Phi) is 7.15. The van der Waals surface area contributed by atoms with E-state index in [0.717, 1.165) is 11.3 Å². The number of carboxylic acids is 1. The Morgan fingerprint density at radius 1 is 1.11 bits per heavy atom. The van der Waals surface area contributed by atoms with Gasteiger partial charge in [-0.3, -0.25) is 4.84 Å². The number of aromatic nitrogens is 2. The fourth-order valence-corrected chi connectivity index (χ4v) is 1.75. The number of alkyl halides is 3. The maximum atomic E-state index is 12.0. The summed E-state index contributed by atoms with van der Waals surface area (Å²) in [6.07, 6.45) is -3.28. The topological polar surface area (TPSA) is 75.2 Å². The Morgan fingerprint density at radius 3 is 2.07 bits per heavy atom. The van der Waals surface area contributed by atoms with Crippen molar-refractivity contribution in [2.45, 2.75) is 40.4 Å². The monoisotopic (exact) mass is 386 g/mol. The van der Waals surface area contributed by atoms with Crippen molar-refractivity contribution in [1.82, 2.24) is 4.85 Å². The lowest BCUT2D eigenvalue weighted by Gasteiger charge is -2.15. The minimum atomic E-state index is -5.19. The molecule has 9 heteroatoms. The van der Waals surface area contributed by atoms with Crippen molar-refractivity contribution in [3.05, 3.63) is 53.9 Å². The fraction of sp³-hybridized carbons (Fsp3) is 0.389. The van der Waals surface area contributed by atoms with Crippen LogP contribution in [0.3, 0.4) is 0 Å². The molecule has 2 rings (SSSR count). The van der Waals surface area contributed by atoms with Crippen molar-refractivity contribution < 1.29 is 37.4 Å². The summed E-state index contributed by atoms with van der Waals surface area (Å²) in [6.45, 7) is 8.10. The molecule has 0 radical (unpaired) electrons. The first-order valence-electron chi connectivity index (χ1n) is 7.95. The highest BCUT2D eigenvalue weighted by atomic mass is 19.4. The maximum Gasteiger partial charge on any atom is 0.430 e. The van der Waals surface area contributed by atoms with Crippen molar-refractivity contribution in [2.75, 3.05) is 0 Å². The number of halogens is 3. The van der Waals surface area contributed by atoms with E-state index < -0.39 is 17.6 Å². The zero-order valence-electron chi connectivity index (χ0n) is 15.4. The molecule has 148 valence electrons. The molecule has 0 atom stereocenters. The number of carbonyl (C=O) groups excluding carboxylic acids is 2. The third-order valence-electron chi connectivity index (χ3n) is 3.22. The molecule has 0 amide bonds. The van der Waals surface area contributed by atoms with Crippen LogP contribution in [0.25, 0.3) is 0 Å². The van der Waals surface area contributed by atoms with Gasteiger partial charge in [-0.05, 0) is 27.7 Å². The van der Waals surface area contributed by atoms with E-state index in [4.69, 9.17) is 14.7 Å². The summed E-state index contributed by atoms with van der Waals surface area (Å²) in [6, 6.07) is 12.0. The Labute approximate surface area is 154 Å². The predicted octanol–water partition coefficient (Wildman–Crippen LogP) is 1.43. The van der Waals surface area contributed by atoms with Gasteiger partial charge in [0, 0.05) is 16.5 Å². The van der Waals surface area contributed by atoms with Crippen molar-refractivity contribution in [3.8, 4) is 0 Å². The first-order valence-corrected chi connectivity index (χ1v) is 7.95. The molecule has 6 nitrogen and oxygen atoms in total. The second-order valence-corrected chi connectivity index (χ2v) is 6.73. The first kappa shape index (κ1) is 22.2. The van der Waals surface area contributed by atoms with Crippen LogP contribution in [0.1, 0.15) is 32.0 Å². The summed E-state index contributed by atoms with van der Waals surface area (Å²) < 4.78 is 33.4. The van der Waals surface area contributed by atoms with Crippen LogP contribution in [0, 0.1) is 12.3 Å². The minimum absolute atomic E-state index is 0.251. The first-order chi connectivity index (χ1) is 12.3. The Balaban J connectivity index is 0.000000445. The van der Waals surface area contributed by atoms with Gasteiger partial charge < -0.3 is 9.90 Å². The van der Waals surface area contributed by atoms with Crippen LogP contribution in [-0.4, -0.2) is 23.0 Å².